The molecule has 9 heteroatoms. The first-order valence-corrected chi connectivity index (χ1v) is 9.32. The molecule has 0 fully saturated rings. The van der Waals surface area contributed by atoms with Crippen molar-refractivity contribution in [1.29, 1.82) is 0 Å². The topological polar surface area (TPSA) is 77.7 Å². The van der Waals surface area contributed by atoms with Crippen LogP contribution >= 0.6 is 22.9 Å². The molecule has 3 rings (SSSR count). The van der Waals surface area contributed by atoms with Gasteiger partial charge in [-0.05, 0) is 34.7 Å². The van der Waals surface area contributed by atoms with Crippen molar-refractivity contribution in [2.45, 2.75) is 11.5 Å². The van der Waals surface area contributed by atoms with Crippen molar-refractivity contribution in [2.75, 3.05) is 0 Å². The predicted octanol–water partition coefficient (Wildman–Crippen LogP) is 2.49. The molecule has 2 aromatic heterocycles. The lowest BCUT2D eigenvalue weighted by atomic mass is 10.3. The lowest BCUT2D eigenvalue weighted by Crippen LogP contribution is -2.12. The van der Waals surface area contributed by atoms with Gasteiger partial charge in [0.25, 0.3) is 0 Å². The first-order chi connectivity index (χ1) is 10.5. The van der Waals surface area contributed by atoms with Gasteiger partial charge < -0.3 is 0 Å². The predicted molar refractivity (Wildman–Crippen MR) is 84.8 cm³/mol. The Kier molecular flexibility index (Phi) is 4.23. The molecular weight excluding hydrogens is 344 g/mol. The summed E-state index contributed by atoms with van der Waals surface area (Å²) in [5.41, 5.74) is 0.719. The van der Waals surface area contributed by atoms with Crippen LogP contribution in [0.2, 0.25) is 4.34 Å². The van der Waals surface area contributed by atoms with Crippen LogP contribution in [-0.4, -0.2) is 28.6 Å². The van der Waals surface area contributed by atoms with Crippen LogP contribution in [0.3, 0.4) is 0 Å². The number of hydrogen-bond acceptors (Lipinski definition) is 6. The van der Waals surface area contributed by atoms with Gasteiger partial charge in [-0.15, -0.1) is 16.4 Å². The molecule has 114 valence electrons. The van der Waals surface area contributed by atoms with Gasteiger partial charge in [-0.3, -0.25) is 0 Å². The van der Waals surface area contributed by atoms with Gasteiger partial charge >= 0.3 is 0 Å². The smallest absolute Gasteiger partial charge is 0.171 e. The highest BCUT2D eigenvalue weighted by Gasteiger charge is 2.19. The second kappa shape index (κ2) is 6.15. The summed E-state index contributed by atoms with van der Waals surface area (Å²) >= 11 is 7.08. The van der Waals surface area contributed by atoms with Gasteiger partial charge in [0.15, 0.2) is 15.7 Å². The Morgan fingerprint density at radius 1 is 1.09 bits per heavy atom. The van der Waals surface area contributed by atoms with Crippen LogP contribution in [0.1, 0.15) is 10.7 Å². The second-order valence-corrected chi connectivity index (χ2v) is 8.44. The van der Waals surface area contributed by atoms with E-state index in [0.717, 1.165) is 5.69 Å². The number of rotatable bonds is 5. The summed E-state index contributed by atoms with van der Waals surface area (Å²) in [7, 11) is -3.39. The van der Waals surface area contributed by atoms with Crippen molar-refractivity contribution < 1.29 is 8.42 Å². The fourth-order valence-corrected chi connectivity index (χ4v) is 4.82. The van der Waals surface area contributed by atoms with E-state index in [-0.39, 0.29) is 17.3 Å². The second-order valence-electron chi connectivity index (χ2n) is 4.58. The number of aromatic nitrogens is 4. The van der Waals surface area contributed by atoms with Gasteiger partial charge in [0.05, 0.1) is 15.8 Å². The summed E-state index contributed by atoms with van der Waals surface area (Å²) in [6.07, 6.45) is 0. The molecule has 0 bridgehead atoms. The fourth-order valence-electron chi connectivity index (χ4n) is 1.96. The maximum atomic E-state index is 12.3. The highest BCUT2D eigenvalue weighted by Crippen LogP contribution is 2.24. The molecular formula is C13H11ClN4O2S2. The Morgan fingerprint density at radius 2 is 1.86 bits per heavy atom. The number of tetrazole rings is 1. The number of sulfone groups is 1. The average molecular weight is 355 g/mol. The number of benzene rings is 1. The monoisotopic (exact) mass is 354 g/mol. The lowest BCUT2D eigenvalue weighted by molar-refractivity contribution is 0.592. The minimum absolute atomic E-state index is 0.0773. The van der Waals surface area contributed by atoms with Crippen molar-refractivity contribution >= 4 is 32.8 Å². The lowest BCUT2D eigenvalue weighted by Gasteiger charge is -2.05. The van der Waals surface area contributed by atoms with Gasteiger partial charge in [-0.1, -0.05) is 29.8 Å². The van der Waals surface area contributed by atoms with Crippen LogP contribution in [0.25, 0.3) is 5.69 Å². The minimum Gasteiger partial charge on any atom is -0.228 e. The van der Waals surface area contributed by atoms with Crippen LogP contribution in [0.5, 0.6) is 0 Å². The van der Waals surface area contributed by atoms with Crippen LogP contribution in [0.4, 0.5) is 0 Å². The van der Waals surface area contributed by atoms with Gasteiger partial charge in [0.2, 0.25) is 0 Å². The Balaban J connectivity index is 1.83. The van der Waals surface area contributed by atoms with Crippen molar-refractivity contribution in [3.63, 3.8) is 0 Å². The summed E-state index contributed by atoms with van der Waals surface area (Å²) in [5, 5.41) is 11.3. The molecule has 0 N–H and O–H groups in total. The van der Waals surface area contributed by atoms with Crippen LogP contribution in [-0.2, 0) is 21.3 Å². The van der Waals surface area contributed by atoms with E-state index < -0.39 is 9.84 Å². The molecule has 0 spiro atoms. The van der Waals surface area contributed by atoms with Gasteiger partial charge in [-0.2, -0.15) is 4.68 Å². The summed E-state index contributed by atoms with van der Waals surface area (Å²) in [4.78, 5) is 0.698. The summed E-state index contributed by atoms with van der Waals surface area (Å²) < 4.78 is 26.6. The van der Waals surface area contributed by atoms with E-state index in [1.807, 2.05) is 30.3 Å². The molecule has 0 aliphatic carbocycles. The highest BCUT2D eigenvalue weighted by molar-refractivity contribution is 7.90. The zero-order chi connectivity index (χ0) is 15.6. The molecule has 0 saturated heterocycles. The van der Waals surface area contributed by atoms with E-state index in [9.17, 15) is 8.42 Å². The van der Waals surface area contributed by atoms with Crippen molar-refractivity contribution in [1.82, 2.24) is 20.2 Å². The maximum absolute atomic E-state index is 12.3. The number of hydrogen-bond donors (Lipinski definition) is 0. The van der Waals surface area contributed by atoms with E-state index in [2.05, 4.69) is 15.5 Å². The molecule has 2 heterocycles. The molecule has 0 amide bonds. The fraction of sp³-hybridized carbons (Fsp3) is 0.154. The zero-order valence-corrected chi connectivity index (χ0v) is 13.6. The molecule has 3 aromatic rings. The van der Waals surface area contributed by atoms with Crippen molar-refractivity contribution in [2.24, 2.45) is 0 Å². The van der Waals surface area contributed by atoms with E-state index in [1.54, 1.807) is 12.1 Å². The van der Waals surface area contributed by atoms with Gasteiger partial charge in [0, 0.05) is 4.88 Å². The number of thiophene rings is 1. The molecule has 0 atom stereocenters. The molecule has 0 unspecified atom stereocenters. The molecule has 0 radical (unpaired) electrons. The minimum atomic E-state index is -3.39. The molecule has 22 heavy (non-hydrogen) atoms. The van der Waals surface area contributed by atoms with E-state index in [1.165, 1.54) is 16.0 Å². The Labute approximate surface area is 136 Å². The van der Waals surface area contributed by atoms with E-state index in [0.29, 0.717) is 9.21 Å². The van der Waals surface area contributed by atoms with Crippen LogP contribution < -0.4 is 0 Å². The highest BCUT2D eigenvalue weighted by atomic mass is 35.5. The molecule has 0 aliphatic rings. The third-order valence-corrected chi connectivity index (χ3v) is 5.74. The quantitative estimate of drug-likeness (QED) is 0.703. The van der Waals surface area contributed by atoms with E-state index >= 15 is 0 Å². The average Bonchev–Trinajstić information content (AvgIpc) is 3.08. The maximum Gasteiger partial charge on any atom is 0.171 e. The molecule has 1 aromatic carbocycles. The number of halogens is 1. The molecule has 0 saturated carbocycles. The normalized spacial score (nSPS) is 11.7. The van der Waals surface area contributed by atoms with Crippen molar-refractivity contribution in [3.8, 4) is 5.69 Å². The molecule has 6 nitrogen and oxygen atoms in total. The first-order valence-electron chi connectivity index (χ1n) is 6.31. The van der Waals surface area contributed by atoms with Crippen LogP contribution in [0, 0.1) is 0 Å². The van der Waals surface area contributed by atoms with Gasteiger partial charge in [0.1, 0.15) is 5.75 Å². The summed E-state index contributed by atoms with van der Waals surface area (Å²) in [6, 6.07) is 12.6. The standard InChI is InChI=1S/C13H11ClN4O2S2/c14-12-7-6-11(21-12)8-22(19,20)9-13-15-16-17-18(13)10-4-2-1-3-5-10/h1-7H,8-9H2. The van der Waals surface area contributed by atoms with Crippen molar-refractivity contribution in [3.05, 3.63) is 57.5 Å². The number of para-hydroxylation sites is 1. The molecule has 0 aliphatic heterocycles. The van der Waals surface area contributed by atoms with E-state index in [4.69, 9.17) is 11.6 Å². The Hall–Kier alpha value is -1.77. The largest absolute Gasteiger partial charge is 0.228 e. The van der Waals surface area contributed by atoms with Gasteiger partial charge in [-0.25, -0.2) is 8.42 Å². The Morgan fingerprint density at radius 3 is 2.55 bits per heavy atom. The zero-order valence-electron chi connectivity index (χ0n) is 11.3. The third-order valence-electron chi connectivity index (χ3n) is 2.87. The summed E-state index contributed by atoms with van der Waals surface area (Å²) in [6.45, 7) is 0. The first kappa shape index (κ1) is 15.1. The SMILES string of the molecule is O=S(=O)(Cc1ccc(Cl)s1)Cc1nnnn1-c1ccccc1. The number of nitrogens with zero attached hydrogens (tertiary/aromatic N) is 4. The summed E-state index contributed by atoms with van der Waals surface area (Å²) in [5.74, 6) is -0.0231. The third kappa shape index (κ3) is 3.52. The Bertz CT molecular complexity index is 874. The van der Waals surface area contributed by atoms with Crippen LogP contribution in [0.15, 0.2) is 42.5 Å².